The lowest BCUT2D eigenvalue weighted by Crippen LogP contribution is -2.36. The van der Waals surface area contributed by atoms with Crippen LogP contribution in [0.15, 0.2) is 55.1 Å². The summed E-state index contributed by atoms with van der Waals surface area (Å²) in [5, 5.41) is 10.6. The molecule has 0 bridgehead atoms. The van der Waals surface area contributed by atoms with E-state index in [0.29, 0.717) is 5.70 Å². The van der Waals surface area contributed by atoms with Gasteiger partial charge in [0.25, 0.3) is 11.6 Å². The lowest BCUT2D eigenvalue weighted by Gasteiger charge is -2.11. The number of rotatable bonds is 5. The summed E-state index contributed by atoms with van der Waals surface area (Å²) in [5.41, 5.74) is 6.39. The highest BCUT2D eigenvalue weighted by Gasteiger charge is 2.14. The van der Waals surface area contributed by atoms with Gasteiger partial charge in [-0.25, -0.2) is 0 Å². The molecule has 1 amide bonds. The van der Waals surface area contributed by atoms with Crippen LogP contribution in [0.25, 0.3) is 5.70 Å². The van der Waals surface area contributed by atoms with E-state index >= 15 is 0 Å². The fourth-order valence-corrected chi connectivity index (χ4v) is 1.97. The first-order chi connectivity index (χ1) is 10.5. The van der Waals surface area contributed by atoms with Crippen LogP contribution in [0.4, 0.5) is 5.69 Å². The lowest BCUT2D eigenvalue weighted by molar-refractivity contribution is -0.384. The number of hydrogen-bond acceptors (Lipinski definition) is 4. The van der Waals surface area contributed by atoms with Crippen molar-refractivity contribution in [1.29, 1.82) is 0 Å². The zero-order valence-electron chi connectivity index (χ0n) is 11.4. The van der Waals surface area contributed by atoms with E-state index in [9.17, 15) is 14.9 Å². The largest absolute Gasteiger partial charge is 0.298 e. The molecule has 0 atom stereocenters. The number of benzene rings is 2. The number of amides is 1. The molecule has 0 aliphatic carbocycles. The van der Waals surface area contributed by atoms with E-state index in [1.807, 2.05) is 30.3 Å². The van der Waals surface area contributed by atoms with Crippen molar-refractivity contribution in [1.82, 2.24) is 10.9 Å². The minimum atomic E-state index is -0.580. The number of nitro groups is 1. The molecule has 2 aromatic rings. The highest BCUT2D eigenvalue weighted by atomic mass is 35.5. The van der Waals surface area contributed by atoms with Crippen molar-refractivity contribution in [3.63, 3.8) is 0 Å². The molecule has 2 N–H and O–H groups in total. The number of carbonyl (C=O) groups is 1. The molecular weight excluding hydrogens is 306 g/mol. The summed E-state index contributed by atoms with van der Waals surface area (Å²) < 4.78 is 0. The van der Waals surface area contributed by atoms with Gasteiger partial charge < -0.3 is 0 Å². The van der Waals surface area contributed by atoms with E-state index in [4.69, 9.17) is 11.6 Å². The summed E-state index contributed by atoms with van der Waals surface area (Å²) in [5.74, 6) is -0.517. The van der Waals surface area contributed by atoms with Crippen molar-refractivity contribution >= 4 is 28.9 Å². The standard InChI is InChI=1S/C15H12ClN3O3/c1-10(11-5-3-2-4-6-11)17-18-15(20)13-8-7-12(19(21)22)9-14(13)16/h2-9,17H,1H2,(H,18,20). The Hall–Kier alpha value is -2.86. The fourth-order valence-electron chi connectivity index (χ4n) is 1.71. The molecule has 0 fully saturated rings. The summed E-state index contributed by atoms with van der Waals surface area (Å²) >= 11 is 5.89. The molecule has 6 nitrogen and oxygen atoms in total. The molecule has 0 spiro atoms. The Morgan fingerprint density at radius 2 is 1.82 bits per heavy atom. The highest BCUT2D eigenvalue weighted by molar-refractivity contribution is 6.34. The van der Waals surface area contributed by atoms with Crippen LogP contribution in [-0.2, 0) is 0 Å². The molecule has 112 valence electrons. The van der Waals surface area contributed by atoms with E-state index in [1.165, 1.54) is 12.1 Å². The van der Waals surface area contributed by atoms with E-state index in [1.54, 1.807) is 0 Å². The number of nitrogens with zero attached hydrogens (tertiary/aromatic N) is 1. The Bertz CT molecular complexity index is 732. The molecule has 7 heteroatoms. The third kappa shape index (κ3) is 3.62. The third-order valence-electron chi connectivity index (χ3n) is 2.86. The van der Waals surface area contributed by atoms with Crippen LogP contribution >= 0.6 is 11.6 Å². The van der Waals surface area contributed by atoms with Gasteiger partial charge in [0, 0.05) is 12.1 Å². The Balaban J connectivity index is 2.04. The van der Waals surface area contributed by atoms with Gasteiger partial charge in [-0.2, -0.15) is 0 Å². The average Bonchev–Trinajstić information content (AvgIpc) is 2.52. The number of nitrogens with one attached hydrogen (secondary N) is 2. The Labute approximate surface area is 131 Å². The van der Waals surface area contributed by atoms with Crippen LogP contribution in [0.5, 0.6) is 0 Å². The maximum absolute atomic E-state index is 12.0. The van der Waals surface area contributed by atoms with Crippen molar-refractivity contribution in [3.8, 4) is 0 Å². The third-order valence-corrected chi connectivity index (χ3v) is 3.17. The monoisotopic (exact) mass is 317 g/mol. The van der Waals surface area contributed by atoms with Gasteiger partial charge in [-0.15, -0.1) is 0 Å². The normalized spacial score (nSPS) is 9.86. The molecule has 0 radical (unpaired) electrons. The first-order valence-corrected chi connectivity index (χ1v) is 6.61. The Morgan fingerprint density at radius 1 is 1.14 bits per heavy atom. The second kappa shape index (κ2) is 6.73. The Morgan fingerprint density at radius 3 is 2.41 bits per heavy atom. The molecular formula is C15H12ClN3O3. The van der Waals surface area contributed by atoms with E-state index in [2.05, 4.69) is 17.4 Å². The second-order valence-corrected chi connectivity index (χ2v) is 4.75. The Kier molecular flexibility index (Phi) is 4.75. The summed E-state index contributed by atoms with van der Waals surface area (Å²) in [6.07, 6.45) is 0. The molecule has 2 aromatic carbocycles. The highest BCUT2D eigenvalue weighted by Crippen LogP contribution is 2.22. The summed E-state index contributed by atoms with van der Waals surface area (Å²) in [7, 11) is 0. The molecule has 22 heavy (non-hydrogen) atoms. The summed E-state index contributed by atoms with van der Waals surface area (Å²) in [6.45, 7) is 3.80. The lowest BCUT2D eigenvalue weighted by atomic mass is 10.2. The van der Waals surface area contributed by atoms with Crippen molar-refractivity contribution in [3.05, 3.63) is 81.4 Å². The van der Waals surface area contributed by atoms with Crippen molar-refractivity contribution in [2.45, 2.75) is 0 Å². The molecule has 0 unspecified atom stereocenters. The molecule has 0 heterocycles. The topological polar surface area (TPSA) is 84.3 Å². The number of carbonyl (C=O) groups excluding carboxylic acids is 1. The van der Waals surface area contributed by atoms with Crippen LogP contribution < -0.4 is 10.9 Å². The van der Waals surface area contributed by atoms with Crippen LogP contribution in [0.1, 0.15) is 15.9 Å². The fraction of sp³-hybridized carbons (Fsp3) is 0. The van der Waals surface area contributed by atoms with E-state index in [-0.39, 0.29) is 16.3 Å². The maximum atomic E-state index is 12.0. The van der Waals surface area contributed by atoms with Gasteiger partial charge in [-0.1, -0.05) is 48.5 Å². The quantitative estimate of drug-likeness (QED) is 0.655. The molecule has 0 saturated heterocycles. The molecule has 2 rings (SSSR count). The van der Waals surface area contributed by atoms with E-state index < -0.39 is 10.8 Å². The van der Waals surface area contributed by atoms with Crippen LogP contribution in [-0.4, -0.2) is 10.8 Å². The van der Waals surface area contributed by atoms with Gasteiger partial charge >= 0.3 is 0 Å². The number of hydrogen-bond donors (Lipinski definition) is 2. The van der Waals surface area contributed by atoms with Crippen LogP contribution in [0.2, 0.25) is 5.02 Å². The van der Waals surface area contributed by atoms with Gasteiger partial charge in [-0.05, 0) is 11.6 Å². The van der Waals surface area contributed by atoms with Gasteiger partial charge in [0.2, 0.25) is 0 Å². The number of non-ortho nitro benzene ring substituents is 1. The first kappa shape index (κ1) is 15.5. The number of halogens is 1. The van der Waals surface area contributed by atoms with Crippen LogP contribution in [0.3, 0.4) is 0 Å². The molecule has 0 aromatic heterocycles. The van der Waals surface area contributed by atoms with Crippen molar-refractivity contribution in [2.75, 3.05) is 0 Å². The molecule has 0 aliphatic rings. The number of nitro benzene ring substituents is 1. The molecule has 0 aliphatic heterocycles. The second-order valence-electron chi connectivity index (χ2n) is 4.34. The van der Waals surface area contributed by atoms with Gasteiger partial charge in [0.1, 0.15) is 0 Å². The summed E-state index contributed by atoms with van der Waals surface area (Å²) in [6, 6.07) is 12.9. The van der Waals surface area contributed by atoms with E-state index in [0.717, 1.165) is 11.6 Å². The minimum Gasteiger partial charge on any atom is -0.298 e. The zero-order chi connectivity index (χ0) is 16.1. The van der Waals surface area contributed by atoms with Gasteiger partial charge in [-0.3, -0.25) is 25.8 Å². The van der Waals surface area contributed by atoms with Crippen molar-refractivity contribution in [2.24, 2.45) is 0 Å². The zero-order valence-corrected chi connectivity index (χ0v) is 12.1. The summed E-state index contributed by atoms with van der Waals surface area (Å²) in [4.78, 5) is 22.1. The smallest absolute Gasteiger partial charge is 0.271 e. The first-order valence-electron chi connectivity index (χ1n) is 6.23. The number of hydrazine groups is 1. The average molecular weight is 318 g/mol. The predicted molar refractivity (Wildman–Crippen MR) is 84.2 cm³/mol. The van der Waals surface area contributed by atoms with Crippen molar-refractivity contribution < 1.29 is 9.72 Å². The van der Waals surface area contributed by atoms with Gasteiger partial charge in [0.05, 0.1) is 21.2 Å². The predicted octanol–water partition coefficient (Wildman–Crippen LogP) is 3.15. The minimum absolute atomic E-state index is 0.00109. The van der Waals surface area contributed by atoms with Crippen LogP contribution in [0, 0.1) is 10.1 Å². The van der Waals surface area contributed by atoms with Gasteiger partial charge in [0.15, 0.2) is 0 Å². The maximum Gasteiger partial charge on any atom is 0.271 e. The SMILES string of the molecule is C=C(NNC(=O)c1ccc([N+](=O)[O-])cc1Cl)c1ccccc1. The molecule has 0 saturated carbocycles.